The Labute approximate surface area is 215 Å². The predicted octanol–water partition coefficient (Wildman–Crippen LogP) is 4.31. The highest BCUT2D eigenvalue weighted by atomic mass is 16.5. The molecular formula is C29H41N3O4. The Kier molecular flexibility index (Phi) is 7.96. The van der Waals surface area contributed by atoms with Crippen LogP contribution in [0.25, 0.3) is 0 Å². The van der Waals surface area contributed by atoms with E-state index >= 15 is 0 Å². The summed E-state index contributed by atoms with van der Waals surface area (Å²) in [5, 5.41) is 6.68. The van der Waals surface area contributed by atoms with Gasteiger partial charge in [-0.3, -0.25) is 9.59 Å². The fourth-order valence-corrected chi connectivity index (χ4v) is 6.42. The van der Waals surface area contributed by atoms with Gasteiger partial charge in [0.25, 0.3) is 5.91 Å². The van der Waals surface area contributed by atoms with Crippen molar-refractivity contribution < 1.29 is 19.1 Å². The lowest BCUT2D eigenvalue weighted by Gasteiger charge is -2.32. The molecule has 0 radical (unpaired) electrons. The van der Waals surface area contributed by atoms with Crippen LogP contribution in [0.15, 0.2) is 30.5 Å². The fourth-order valence-electron chi connectivity index (χ4n) is 6.42. The lowest BCUT2D eigenvalue weighted by Crippen LogP contribution is -2.49. The number of ether oxygens (including phenoxy) is 2. The monoisotopic (exact) mass is 495 g/mol. The topological polar surface area (TPSA) is 79.9 Å². The maximum absolute atomic E-state index is 13.1. The Balaban J connectivity index is 1.21. The lowest BCUT2D eigenvalue weighted by molar-refractivity contribution is -0.126. The van der Waals surface area contributed by atoms with Crippen LogP contribution in [0.5, 0.6) is 5.75 Å². The van der Waals surface area contributed by atoms with E-state index in [1.54, 1.807) is 4.90 Å². The minimum Gasteiger partial charge on any atom is -0.489 e. The largest absolute Gasteiger partial charge is 0.489 e. The summed E-state index contributed by atoms with van der Waals surface area (Å²) in [5.74, 6) is 1.34. The molecular weight excluding hydrogens is 454 g/mol. The van der Waals surface area contributed by atoms with Crippen LogP contribution in [0.1, 0.15) is 86.6 Å². The van der Waals surface area contributed by atoms with Gasteiger partial charge in [0.15, 0.2) is 0 Å². The molecule has 7 heteroatoms. The van der Waals surface area contributed by atoms with Gasteiger partial charge in [-0.2, -0.15) is 0 Å². The highest BCUT2D eigenvalue weighted by Crippen LogP contribution is 2.32. The Hall–Kier alpha value is -2.38. The van der Waals surface area contributed by atoms with Crippen LogP contribution < -0.4 is 15.4 Å². The van der Waals surface area contributed by atoms with E-state index in [-0.39, 0.29) is 17.9 Å². The van der Waals surface area contributed by atoms with E-state index in [1.165, 1.54) is 32.1 Å². The van der Waals surface area contributed by atoms with E-state index < -0.39 is 6.04 Å². The number of hydrogen-bond donors (Lipinski definition) is 2. The van der Waals surface area contributed by atoms with Gasteiger partial charge in [0.2, 0.25) is 5.91 Å². The second kappa shape index (κ2) is 11.3. The maximum atomic E-state index is 13.1. The summed E-state index contributed by atoms with van der Waals surface area (Å²) in [4.78, 5) is 27.3. The number of nitrogens with one attached hydrogen (secondary N) is 2. The molecule has 0 spiro atoms. The van der Waals surface area contributed by atoms with Crippen molar-refractivity contribution in [3.8, 4) is 5.75 Å². The van der Waals surface area contributed by atoms with Crippen LogP contribution in [-0.4, -0.2) is 54.7 Å². The molecule has 4 aliphatic rings. The number of carbonyl (C=O) groups excluding carboxylic acids is 2. The third-order valence-electron chi connectivity index (χ3n) is 8.64. The van der Waals surface area contributed by atoms with Crippen LogP contribution in [0, 0.1) is 5.92 Å². The van der Waals surface area contributed by atoms with Crippen molar-refractivity contribution in [1.82, 2.24) is 15.5 Å². The summed E-state index contributed by atoms with van der Waals surface area (Å²) in [6, 6.07) is 5.73. The first-order chi connectivity index (χ1) is 17.5. The highest BCUT2D eigenvalue weighted by Gasteiger charge is 2.38. The molecule has 2 amide bonds. The van der Waals surface area contributed by atoms with Crippen molar-refractivity contribution in [2.24, 2.45) is 5.92 Å². The summed E-state index contributed by atoms with van der Waals surface area (Å²) in [6.45, 7) is 5.34. The molecule has 0 aromatic heterocycles. The zero-order valence-electron chi connectivity index (χ0n) is 21.6. The molecule has 2 heterocycles. The SMILES string of the molecule is C=C1CCC(N2Cc3cc(O[C@@H]4CCCCC[C@@H]4NCC4CCC(OC)CC4)ccc3C2=O)C(=O)N1. The maximum Gasteiger partial charge on any atom is 0.255 e. The summed E-state index contributed by atoms with van der Waals surface area (Å²) in [6.07, 6.45) is 12.5. The summed E-state index contributed by atoms with van der Waals surface area (Å²) >= 11 is 0. The lowest BCUT2D eigenvalue weighted by atomic mass is 9.87. The molecule has 3 atom stereocenters. The van der Waals surface area contributed by atoms with Gasteiger partial charge in [0.05, 0.1) is 6.10 Å². The number of nitrogens with zero attached hydrogens (tertiary/aromatic N) is 1. The zero-order chi connectivity index (χ0) is 25.1. The molecule has 2 aliphatic heterocycles. The van der Waals surface area contributed by atoms with Gasteiger partial charge in [0, 0.05) is 31.0 Å². The average molecular weight is 496 g/mol. The molecule has 1 saturated heterocycles. The number of rotatable bonds is 7. The van der Waals surface area contributed by atoms with E-state index in [0.29, 0.717) is 43.0 Å². The van der Waals surface area contributed by atoms with Gasteiger partial charge in [-0.15, -0.1) is 0 Å². The molecule has 2 aliphatic carbocycles. The Morgan fingerprint density at radius 3 is 2.64 bits per heavy atom. The average Bonchev–Trinajstić information content (AvgIpc) is 3.04. The first-order valence-corrected chi connectivity index (χ1v) is 13.9. The third-order valence-corrected chi connectivity index (χ3v) is 8.64. The van der Waals surface area contributed by atoms with E-state index in [0.717, 1.165) is 49.2 Å². The smallest absolute Gasteiger partial charge is 0.255 e. The van der Waals surface area contributed by atoms with Crippen LogP contribution in [-0.2, 0) is 16.1 Å². The van der Waals surface area contributed by atoms with Crippen molar-refractivity contribution in [3.63, 3.8) is 0 Å². The minimum absolute atomic E-state index is 0.0681. The Morgan fingerprint density at radius 2 is 1.86 bits per heavy atom. The summed E-state index contributed by atoms with van der Waals surface area (Å²) < 4.78 is 12.1. The molecule has 1 aromatic rings. The zero-order valence-corrected chi connectivity index (χ0v) is 21.6. The number of carbonyl (C=O) groups is 2. The van der Waals surface area contributed by atoms with Crippen LogP contribution in [0.2, 0.25) is 0 Å². The van der Waals surface area contributed by atoms with E-state index in [1.807, 2.05) is 25.3 Å². The highest BCUT2D eigenvalue weighted by molar-refractivity contribution is 6.01. The van der Waals surface area contributed by atoms with Crippen molar-refractivity contribution >= 4 is 11.8 Å². The fraction of sp³-hybridized carbons (Fsp3) is 0.655. The van der Waals surface area contributed by atoms with Gasteiger partial charge in [-0.05, 0) is 94.0 Å². The van der Waals surface area contributed by atoms with E-state index in [4.69, 9.17) is 9.47 Å². The van der Waals surface area contributed by atoms with Crippen molar-refractivity contribution in [2.45, 2.75) is 101 Å². The molecule has 3 fully saturated rings. The van der Waals surface area contributed by atoms with Gasteiger partial charge in [-0.25, -0.2) is 0 Å². The van der Waals surface area contributed by atoms with Crippen molar-refractivity contribution in [2.75, 3.05) is 13.7 Å². The number of benzene rings is 1. The quantitative estimate of drug-likeness (QED) is 0.551. The molecule has 196 valence electrons. The second-order valence-corrected chi connectivity index (χ2v) is 11.1. The number of allylic oxidation sites excluding steroid dienone is 1. The van der Waals surface area contributed by atoms with Crippen molar-refractivity contribution in [1.29, 1.82) is 0 Å². The van der Waals surface area contributed by atoms with Gasteiger partial charge in [0.1, 0.15) is 17.9 Å². The second-order valence-electron chi connectivity index (χ2n) is 11.1. The molecule has 2 saturated carbocycles. The Bertz CT molecular complexity index is 971. The first kappa shape index (κ1) is 25.3. The van der Waals surface area contributed by atoms with Crippen LogP contribution in [0.4, 0.5) is 0 Å². The minimum atomic E-state index is -0.436. The number of fused-ring (bicyclic) bond motifs is 1. The molecule has 1 aromatic carbocycles. The number of methoxy groups -OCH3 is 1. The molecule has 1 unspecified atom stereocenters. The first-order valence-electron chi connectivity index (χ1n) is 13.9. The molecule has 36 heavy (non-hydrogen) atoms. The number of amides is 2. The molecule has 0 bridgehead atoms. The molecule has 7 nitrogen and oxygen atoms in total. The summed E-state index contributed by atoms with van der Waals surface area (Å²) in [7, 11) is 1.83. The third kappa shape index (κ3) is 5.62. The van der Waals surface area contributed by atoms with Crippen LogP contribution in [0.3, 0.4) is 0 Å². The molecule has 2 N–H and O–H groups in total. The van der Waals surface area contributed by atoms with Gasteiger partial charge in [-0.1, -0.05) is 19.4 Å². The predicted molar refractivity (Wildman–Crippen MR) is 139 cm³/mol. The summed E-state index contributed by atoms with van der Waals surface area (Å²) in [5.41, 5.74) is 2.36. The van der Waals surface area contributed by atoms with Crippen molar-refractivity contribution in [3.05, 3.63) is 41.6 Å². The number of piperidine rings is 1. The van der Waals surface area contributed by atoms with E-state index in [9.17, 15) is 9.59 Å². The van der Waals surface area contributed by atoms with E-state index in [2.05, 4.69) is 17.2 Å². The van der Waals surface area contributed by atoms with Crippen LogP contribution >= 0.6 is 0 Å². The normalized spacial score (nSPS) is 31.1. The van der Waals surface area contributed by atoms with Gasteiger partial charge >= 0.3 is 0 Å². The molecule has 5 rings (SSSR count). The standard InChI is InChI=1S/C29H41N3O4/c1-19-8-15-26(28(33)31-19)32-18-21-16-23(13-14-24(21)29(32)34)36-27-7-5-3-4-6-25(27)30-17-20-9-11-22(35-2)12-10-20/h13-14,16,20,22,25-27,30H,1,3-12,15,17-18H2,2H3,(H,31,33)/t20?,22?,25-,26?,27+/m0/s1. The van der Waals surface area contributed by atoms with Gasteiger partial charge < -0.3 is 25.0 Å². The Morgan fingerprint density at radius 1 is 1.06 bits per heavy atom. The number of hydrogen-bond acceptors (Lipinski definition) is 5.